The molecule has 1 aromatic heterocycles. The van der Waals surface area contributed by atoms with Crippen LogP contribution in [0.15, 0.2) is 0 Å². The van der Waals surface area contributed by atoms with Crippen molar-refractivity contribution in [1.29, 1.82) is 0 Å². The van der Waals surface area contributed by atoms with Gasteiger partial charge in [-0.25, -0.2) is 0 Å². The summed E-state index contributed by atoms with van der Waals surface area (Å²) in [6, 6.07) is 0. The van der Waals surface area contributed by atoms with Gasteiger partial charge in [-0.1, -0.05) is 18.3 Å². The molecule has 102 valence electrons. The van der Waals surface area contributed by atoms with Gasteiger partial charge in [0.05, 0.1) is 13.1 Å². The first kappa shape index (κ1) is 14.8. The zero-order valence-corrected chi connectivity index (χ0v) is 12.3. The van der Waals surface area contributed by atoms with E-state index >= 15 is 0 Å². The predicted molar refractivity (Wildman–Crippen MR) is 73.7 cm³/mol. The Kier molecular flexibility index (Phi) is 6.00. The van der Waals surface area contributed by atoms with Gasteiger partial charge in [-0.3, -0.25) is 9.69 Å². The molecular weight excluding hydrogens is 250 g/mol. The number of amides is 1. The lowest BCUT2D eigenvalue weighted by Crippen LogP contribution is -2.36. The number of carbonyl (C=O) groups excluding carboxylic acids is 1. The van der Waals surface area contributed by atoms with Crippen LogP contribution in [-0.2, 0) is 11.3 Å². The Morgan fingerprint density at radius 1 is 1.33 bits per heavy atom. The quantitative estimate of drug-likeness (QED) is 0.797. The standard InChI is InChI=1S/C11H21N5OS/c1-5-12-11-14-13-9(18-11)7-16(6-2)8-10(17)15(3)4/h5-8H2,1-4H3,(H,12,14). The highest BCUT2D eigenvalue weighted by Crippen LogP contribution is 2.16. The minimum atomic E-state index is 0.105. The monoisotopic (exact) mass is 271 g/mol. The molecule has 1 rings (SSSR count). The summed E-state index contributed by atoms with van der Waals surface area (Å²) in [7, 11) is 3.54. The van der Waals surface area contributed by atoms with E-state index in [9.17, 15) is 4.79 Å². The molecule has 0 unspecified atom stereocenters. The van der Waals surface area contributed by atoms with Crippen molar-refractivity contribution in [3.63, 3.8) is 0 Å². The van der Waals surface area contributed by atoms with Crippen LogP contribution in [0.25, 0.3) is 0 Å². The summed E-state index contributed by atoms with van der Waals surface area (Å²) < 4.78 is 0. The first-order chi connectivity index (χ1) is 8.56. The molecule has 0 aliphatic carbocycles. The Morgan fingerprint density at radius 3 is 2.61 bits per heavy atom. The maximum atomic E-state index is 11.6. The average molecular weight is 271 g/mol. The minimum absolute atomic E-state index is 0.105. The van der Waals surface area contributed by atoms with Crippen molar-refractivity contribution >= 4 is 22.4 Å². The van der Waals surface area contributed by atoms with Crippen LogP contribution in [0.3, 0.4) is 0 Å². The van der Waals surface area contributed by atoms with E-state index in [4.69, 9.17) is 0 Å². The number of likely N-dealkylation sites (N-methyl/N-ethyl adjacent to an activating group) is 2. The van der Waals surface area contributed by atoms with E-state index in [1.807, 2.05) is 13.8 Å². The Bertz CT molecular complexity index is 379. The molecule has 1 heterocycles. The fraction of sp³-hybridized carbons (Fsp3) is 0.727. The smallest absolute Gasteiger partial charge is 0.236 e. The zero-order valence-electron chi connectivity index (χ0n) is 11.4. The summed E-state index contributed by atoms with van der Waals surface area (Å²) in [6.45, 7) is 6.80. The normalized spacial score (nSPS) is 10.7. The van der Waals surface area contributed by atoms with Gasteiger partial charge in [0.2, 0.25) is 11.0 Å². The second kappa shape index (κ2) is 7.27. The van der Waals surface area contributed by atoms with Gasteiger partial charge in [-0.15, -0.1) is 10.2 Å². The number of nitrogens with zero attached hydrogens (tertiary/aromatic N) is 4. The lowest BCUT2D eigenvalue weighted by Gasteiger charge is -2.20. The molecule has 18 heavy (non-hydrogen) atoms. The summed E-state index contributed by atoms with van der Waals surface area (Å²) in [4.78, 5) is 15.3. The Labute approximate surface area is 112 Å². The van der Waals surface area contributed by atoms with E-state index in [1.165, 1.54) is 11.3 Å². The molecule has 0 aromatic carbocycles. The Morgan fingerprint density at radius 2 is 2.06 bits per heavy atom. The number of hydrogen-bond donors (Lipinski definition) is 1. The van der Waals surface area contributed by atoms with E-state index < -0.39 is 0 Å². The molecule has 0 bridgehead atoms. The average Bonchev–Trinajstić information content (AvgIpc) is 2.76. The summed E-state index contributed by atoms with van der Waals surface area (Å²) >= 11 is 1.54. The number of rotatable bonds is 7. The fourth-order valence-electron chi connectivity index (χ4n) is 1.34. The fourth-order valence-corrected chi connectivity index (χ4v) is 2.19. The first-order valence-corrected chi connectivity index (χ1v) is 6.87. The van der Waals surface area contributed by atoms with Gasteiger partial charge in [0, 0.05) is 20.6 Å². The number of aromatic nitrogens is 2. The van der Waals surface area contributed by atoms with Gasteiger partial charge in [-0.05, 0) is 13.5 Å². The van der Waals surface area contributed by atoms with Crippen LogP contribution in [0.1, 0.15) is 18.9 Å². The van der Waals surface area contributed by atoms with Crippen LogP contribution < -0.4 is 5.32 Å². The number of nitrogens with one attached hydrogen (secondary N) is 1. The number of anilines is 1. The van der Waals surface area contributed by atoms with Gasteiger partial charge >= 0.3 is 0 Å². The summed E-state index contributed by atoms with van der Waals surface area (Å²) in [5, 5.41) is 13.1. The van der Waals surface area contributed by atoms with Crippen molar-refractivity contribution in [1.82, 2.24) is 20.0 Å². The molecule has 0 radical (unpaired) electrons. The highest BCUT2D eigenvalue weighted by atomic mass is 32.1. The Balaban J connectivity index is 2.53. The van der Waals surface area contributed by atoms with Crippen molar-refractivity contribution in [2.75, 3.05) is 39.0 Å². The molecule has 1 amide bonds. The molecule has 0 fully saturated rings. The lowest BCUT2D eigenvalue weighted by atomic mass is 10.4. The topological polar surface area (TPSA) is 61.4 Å². The van der Waals surface area contributed by atoms with Gasteiger partial charge < -0.3 is 10.2 Å². The molecule has 0 saturated heterocycles. The highest BCUT2D eigenvalue weighted by molar-refractivity contribution is 7.15. The molecule has 0 atom stereocenters. The van der Waals surface area contributed by atoms with E-state index in [2.05, 4.69) is 20.4 Å². The summed E-state index contributed by atoms with van der Waals surface area (Å²) in [5.74, 6) is 0.105. The molecule has 7 heteroatoms. The largest absolute Gasteiger partial charge is 0.360 e. The van der Waals surface area contributed by atoms with Gasteiger partial charge in [0.25, 0.3) is 0 Å². The second-order valence-corrected chi connectivity index (χ2v) is 5.18. The van der Waals surface area contributed by atoms with E-state index in [1.54, 1.807) is 19.0 Å². The van der Waals surface area contributed by atoms with Crippen molar-refractivity contribution < 1.29 is 4.79 Å². The van der Waals surface area contributed by atoms with Crippen LogP contribution in [0.4, 0.5) is 5.13 Å². The molecular formula is C11H21N5OS. The molecule has 1 N–H and O–H groups in total. The van der Waals surface area contributed by atoms with Crippen LogP contribution in [0, 0.1) is 0 Å². The first-order valence-electron chi connectivity index (χ1n) is 6.05. The third-order valence-corrected chi connectivity index (χ3v) is 3.32. The third kappa shape index (κ3) is 4.58. The molecule has 0 spiro atoms. The Hall–Kier alpha value is -1.21. The van der Waals surface area contributed by atoms with Crippen molar-refractivity contribution in [3.8, 4) is 0 Å². The zero-order chi connectivity index (χ0) is 13.5. The maximum Gasteiger partial charge on any atom is 0.236 e. The minimum Gasteiger partial charge on any atom is -0.360 e. The van der Waals surface area contributed by atoms with Crippen LogP contribution in [0.5, 0.6) is 0 Å². The van der Waals surface area contributed by atoms with Gasteiger partial charge in [0.1, 0.15) is 5.01 Å². The number of carbonyl (C=O) groups is 1. The summed E-state index contributed by atoms with van der Waals surface area (Å²) in [6.07, 6.45) is 0. The van der Waals surface area contributed by atoms with Gasteiger partial charge in [0.15, 0.2) is 0 Å². The van der Waals surface area contributed by atoms with Gasteiger partial charge in [-0.2, -0.15) is 0 Å². The van der Waals surface area contributed by atoms with Crippen LogP contribution in [0.2, 0.25) is 0 Å². The number of hydrogen-bond acceptors (Lipinski definition) is 6. The van der Waals surface area contributed by atoms with E-state index in [0.29, 0.717) is 13.1 Å². The predicted octanol–water partition coefficient (Wildman–Crippen LogP) is 0.880. The lowest BCUT2D eigenvalue weighted by molar-refractivity contribution is -0.130. The molecule has 1 aromatic rings. The van der Waals surface area contributed by atoms with E-state index in [-0.39, 0.29) is 5.91 Å². The van der Waals surface area contributed by atoms with Crippen molar-refractivity contribution in [3.05, 3.63) is 5.01 Å². The van der Waals surface area contributed by atoms with Crippen LogP contribution in [-0.4, -0.2) is 59.6 Å². The molecule has 0 aliphatic rings. The third-order valence-electron chi connectivity index (χ3n) is 2.46. The molecule has 6 nitrogen and oxygen atoms in total. The van der Waals surface area contributed by atoms with Crippen molar-refractivity contribution in [2.24, 2.45) is 0 Å². The van der Waals surface area contributed by atoms with E-state index in [0.717, 1.165) is 23.2 Å². The summed E-state index contributed by atoms with van der Waals surface area (Å²) in [5.41, 5.74) is 0. The second-order valence-electron chi connectivity index (χ2n) is 4.12. The van der Waals surface area contributed by atoms with Crippen molar-refractivity contribution in [2.45, 2.75) is 20.4 Å². The molecule has 0 saturated carbocycles. The maximum absolute atomic E-state index is 11.6. The highest BCUT2D eigenvalue weighted by Gasteiger charge is 2.13. The SMILES string of the molecule is CCNc1nnc(CN(CC)CC(=O)N(C)C)s1. The van der Waals surface area contributed by atoms with Crippen LogP contribution >= 0.6 is 11.3 Å². The molecule has 0 aliphatic heterocycles.